The van der Waals surface area contributed by atoms with Crippen molar-refractivity contribution in [1.29, 1.82) is 0 Å². The van der Waals surface area contributed by atoms with Crippen LogP contribution in [-0.4, -0.2) is 27.4 Å². The third-order valence-electron chi connectivity index (χ3n) is 4.30. The summed E-state index contributed by atoms with van der Waals surface area (Å²) >= 11 is 0. The molecule has 2 aromatic rings. The molecular formula is C20H22O2. The van der Waals surface area contributed by atoms with Gasteiger partial charge >= 0.3 is 0 Å². The lowest BCUT2D eigenvalue weighted by Gasteiger charge is -2.30. The average Bonchev–Trinajstić information content (AvgIpc) is 2.56. The molecule has 0 aliphatic heterocycles. The Kier molecular flexibility index (Phi) is 4.71. The van der Waals surface area contributed by atoms with E-state index in [9.17, 15) is 0 Å². The van der Waals surface area contributed by atoms with Crippen LogP contribution in [0.5, 0.6) is 0 Å². The summed E-state index contributed by atoms with van der Waals surface area (Å²) in [5.74, 6) is 0.370. The predicted molar refractivity (Wildman–Crippen MR) is 89.9 cm³/mol. The minimum Gasteiger partial charge on any atom is -0.384 e. The van der Waals surface area contributed by atoms with E-state index in [1.165, 1.54) is 27.8 Å². The van der Waals surface area contributed by atoms with E-state index in [0.717, 1.165) is 13.0 Å². The van der Waals surface area contributed by atoms with Crippen molar-refractivity contribution in [1.82, 2.24) is 0 Å². The maximum atomic E-state index is 5.51. The average molecular weight is 294 g/mol. The largest absolute Gasteiger partial charge is 0.384 e. The standard InChI is InChI=1S/C20H22O2/c1-21-13-17-12-16-10-6-7-11-18(16)20(19(17)14-22-2)15-8-4-3-5-9-15/h3-11,17H,12-14H2,1-2H3. The molecule has 0 saturated carbocycles. The topological polar surface area (TPSA) is 18.5 Å². The van der Waals surface area contributed by atoms with Crippen molar-refractivity contribution in [3.05, 3.63) is 76.9 Å². The lowest BCUT2D eigenvalue weighted by molar-refractivity contribution is 0.150. The van der Waals surface area contributed by atoms with Crippen molar-refractivity contribution in [2.45, 2.75) is 6.42 Å². The second-order valence-corrected chi connectivity index (χ2v) is 5.71. The van der Waals surface area contributed by atoms with E-state index >= 15 is 0 Å². The zero-order chi connectivity index (χ0) is 15.4. The molecule has 2 aromatic carbocycles. The molecule has 0 N–H and O–H groups in total. The Morgan fingerprint density at radius 2 is 1.64 bits per heavy atom. The van der Waals surface area contributed by atoms with Gasteiger partial charge in [0, 0.05) is 20.1 Å². The van der Waals surface area contributed by atoms with E-state index in [4.69, 9.17) is 9.47 Å². The maximum Gasteiger partial charge on any atom is 0.0685 e. The fourth-order valence-electron chi connectivity index (χ4n) is 3.36. The van der Waals surface area contributed by atoms with E-state index in [1.54, 1.807) is 14.2 Å². The summed E-state index contributed by atoms with van der Waals surface area (Å²) in [6.07, 6.45) is 1.01. The van der Waals surface area contributed by atoms with Crippen molar-refractivity contribution >= 4 is 5.57 Å². The van der Waals surface area contributed by atoms with Crippen molar-refractivity contribution in [3.63, 3.8) is 0 Å². The fourth-order valence-corrected chi connectivity index (χ4v) is 3.36. The van der Waals surface area contributed by atoms with Gasteiger partial charge in [0.15, 0.2) is 0 Å². The maximum absolute atomic E-state index is 5.51. The summed E-state index contributed by atoms with van der Waals surface area (Å²) in [5.41, 5.74) is 6.62. The van der Waals surface area contributed by atoms with Gasteiger partial charge in [-0.15, -0.1) is 0 Å². The molecule has 2 heteroatoms. The number of methoxy groups -OCH3 is 2. The van der Waals surface area contributed by atoms with Crippen molar-refractivity contribution in [2.75, 3.05) is 27.4 Å². The monoisotopic (exact) mass is 294 g/mol. The van der Waals surface area contributed by atoms with Gasteiger partial charge in [0.1, 0.15) is 0 Å². The van der Waals surface area contributed by atoms with Crippen LogP contribution in [0.2, 0.25) is 0 Å². The van der Waals surface area contributed by atoms with Crippen LogP contribution >= 0.6 is 0 Å². The zero-order valence-corrected chi connectivity index (χ0v) is 13.2. The van der Waals surface area contributed by atoms with E-state index < -0.39 is 0 Å². The summed E-state index contributed by atoms with van der Waals surface area (Å²) in [7, 11) is 3.53. The van der Waals surface area contributed by atoms with Crippen LogP contribution in [0.3, 0.4) is 0 Å². The number of benzene rings is 2. The minimum atomic E-state index is 0.370. The van der Waals surface area contributed by atoms with Gasteiger partial charge in [-0.05, 0) is 34.3 Å². The van der Waals surface area contributed by atoms with Gasteiger partial charge in [-0.3, -0.25) is 0 Å². The molecule has 0 heterocycles. The first-order valence-corrected chi connectivity index (χ1v) is 7.69. The first-order valence-electron chi connectivity index (χ1n) is 7.69. The second kappa shape index (κ2) is 6.91. The molecule has 1 aliphatic carbocycles. The van der Waals surface area contributed by atoms with Gasteiger partial charge in [-0.2, -0.15) is 0 Å². The molecule has 2 nitrogen and oxygen atoms in total. The fraction of sp³-hybridized carbons (Fsp3) is 0.300. The Hall–Kier alpha value is -1.90. The molecule has 114 valence electrons. The lowest BCUT2D eigenvalue weighted by Crippen LogP contribution is -2.23. The Labute approximate surface area is 132 Å². The molecule has 0 fully saturated rings. The molecule has 0 radical (unpaired) electrons. The van der Waals surface area contributed by atoms with Crippen LogP contribution in [-0.2, 0) is 15.9 Å². The number of ether oxygens (including phenoxy) is 2. The smallest absolute Gasteiger partial charge is 0.0685 e. The highest BCUT2D eigenvalue weighted by molar-refractivity contribution is 5.85. The number of hydrogen-bond acceptors (Lipinski definition) is 2. The molecule has 0 saturated heterocycles. The van der Waals surface area contributed by atoms with Crippen molar-refractivity contribution in [3.8, 4) is 0 Å². The molecule has 0 aromatic heterocycles. The quantitative estimate of drug-likeness (QED) is 0.831. The Bertz CT molecular complexity index is 658. The molecule has 1 aliphatic rings. The van der Waals surface area contributed by atoms with Gasteiger partial charge in [-0.25, -0.2) is 0 Å². The van der Waals surface area contributed by atoms with Gasteiger partial charge in [0.25, 0.3) is 0 Å². The third-order valence-corrected chi connectivity index (χ3v) is 4.30. The summed E-state index contributed by atoms with van der Waals surface area (Å²) in [6.45, 7) is 1.37. The van der Waals surface area contributed by atoms with E-state index in [2.05, 4.69) is 54.6 Å². The Balaban J connectivity index is 2.20. The first-order chi connectivity index (χ1) is 10.8. The van der Waals surface area contributed by atoms with E-state index in [1.807, 2.05) is 0 Å². The van der Waals surface area contributed by atoms with Crippen molar-refractivity contribution in [2.24, 2.45) is 5.92 Å². The van der Waals surface area contributed by atoms with Crippen LogP contribution in [0.1, 0.15) is 16.7 Å². The normalized spacial score (nSPS) is 17.5. The van der Waals surface area contributed by atoms with Gasteiger partial charge < -0.3 is 9.47 Å². The predicted octanol–water partition coefficient (Wildman–Crippen LogP) is 3.95. The summed E-state index contributed by atoms with van der Waals surface area (Å²) in [6, 6.07) is 19.3. The molecule has 0 amide bonds. The van der Waals surface area contributed by atoms with Crippen LogP contribution in [0, 0.1) is 5.92 Å². The van der Waals surface area contributed by atoms with Crippen LogP contribution in [0.4, 0.5) is 0 Å². The van der Waals surface area contributed by atoms with Gasteiger partial charge in [0.2, 0.25) is 0 Å². The third kappa shape index (κ3) is 2.85. The van der Waals surface area contributed by atoms with Gasteiger partial charge in [0.05, 0.1) is 13.2 Å². The molecule has 22 heavy (non-hydrogen) atoms. The van der Waals surface area contributed by atoms with E-state index in [-0.39, 0.29) is 0 Å². The SMILES string of the molecule is COCC1=C(c2ccccc2)c2ccccc2CC1COC. The van der Waals surface area contributed by atoms with Gasteiger partial charge in [-0.1, -0.05) is 54.6 Å². The number of rotatable bonds is 5. The highest BCUT2D eigenvalue weighted by atomic mass is 16.5. The van der Waals surface area contributed by atoms with E-state index in [0.29, 0.717) is 12.5 Å². The highest BCUT2D eigenvalue weighted by Crippen LogP contribution is 2.39. The molecule has 0 bridgehead atoms. The van der Waals surface area contributed by atoms with Crippen LogP contribution < -0.4 is 0 Å². The molecular weight excluding hydrogens is 272 g/mol. The molecule has 3 rings (SSSR count). The molecule has 1 unspecified atom stereocenters. The summed E-state index contributed by atoms with van der Waals surface area (Å²) in [4.78, 5) is 0. The Morgan fingerprint density at radius 3 is 2.36 bits per heavy atom. The van der Waals surface area contributed by atoms with Crippen LogP contribution in [0.15, 0.2) is 60.2 Å². The zero-order valence-electron chi connectivity index (χ0n) is 13.2. The first kappa shape index (κ1) is 15.0. The Morgan fingerprint density at radius 1 is 0.909 bits per heavy atom. The second-order valence-electron chi connectivity index (χ2n) is 5.71. The van der Waals surface area contributed by atoms with Crippen molar-refractivity contribution < 1.29 is 9.47 Å². The number of fused-ring (bicyclic) bond motifs is 1. The summed E-state index contributed by atoms with van der Waals surface area (Å²) in [5, 5.41) is 0. The van der Waals surface area contributed by atoms with Crippen LogP contribution in [0.25, 0.3) is 5.57 Å². The molecule has 1 atom stereocenters. The molecule has 0 spiro atoms. The lowest BCUT2D eigenvalue weighted by atomic mass is 9.77. The minimum absolute atomic E-state index is 0.370. The number of hydrogen-bond donors (Lipinski definition) is 0. The summed E-state index contributed by atoms with van der Waals surface area (Å²) < 4.78 is 11.0. The highest BCUT2D eigenvalue weighted by Gasteiger charge is 2.27.